The van der Waals surface area contributed by atoms with E-state index in [1.807, 2.05) is 6.07 Å². The summed E-state index contributed by atoms with van der Waals surface area (Å²) in [6.45, 7) is -2.94. The fourth-order valence-corrected chi connectivity index (χ4v) is 2.32. The summed E-state index contributed by atoms with van der Waals surface area (Å²) >= 11 is 0. The van der Waals surface area contributed by atoms with Crippen LogP contribution < -0.4 is 10.1 Å². The normalized spacial score (nSPS) is 10.7. The molecule has 0 fully saturated rings. The molecule has 2 aromatic carbocycles. The van der Waals surface area contributed by atoms with Crippen LogP contribution in [0.5, 0.6) is 5.75 Å². The molecule has 8 heteroatoms. The van der Waals surface area contributed by atoms with E-state index in [1.165, 1.54) is 6.07 Å². The number of hydrogen-bond acceptors (Lipinski definition) is 4. The summed E-state index contributed by atoms with van der Waals surface area (Å²) in [7, 11) is 0. The number of rotatable bonds is 6. The van der Waals surface area contributed by atoms with Crippen molar-refractivity contribution in [3.05, 3.63) is 66.7 Å². The van der Waals surface area contributed by atoms with Gasteiger partial charge in [0.2, 0.25) is 5.91 Å². The SMILES string of the molecule is O=C(Cc1ccccc1OC(F)F)Nc1cccc(-n2cnnc2)c1. The lowest BCUT2D eigenvalue weighted by molar-refractivity contribution is -0.115. The van der Waals surface area contributed by atoms with Gasteiger partial charge < -0.3 is 10.1 Å². The molecule has 0 bridgehead atoms. The number of ether oxygens (including phenoxy) is 1. The molecule has 1 N–H and O–H groups in total. The second-order valence-corrected chi connectivity index (χ2v) is 5.13. The predicted molar refractivity (Wildman–Crippen MR) is 86.8 cm³/mol. The second kappa shape index (κ2) is 7.52. The average Bonchev–Trinajstić information content (AvgIpc) is 3.11. The summed E-state index contributed by atoms with van der Waals surface area (Å²) in [5, 5.41) is 10.2. The molecule has 0 aliphatic rings. The lowest BCUT2D eigenvalue weighted by atomic mass is 10.1. The standard InChI is InChI=1S/C17H14F2N4O2/c18-17(19)25-15-7-2-1-4-12(15)8-16(24)22-13-5-3-6-14(9-13)23-10-20-21-11-23/h1-7,9-11,17H,8H2,(H,22,24). The highest BCUT2D eigenvalue weighted by Crippen LogP contribution is 2.21. The molecule has 0 saturated heterocycles. The van der Waals surface area contributed by atoms with Crippen molar-refractivity contribution in [3.8, 4) is 11.4 Å². The molecular weight excluding hydrogens is 330 g/mol. The molecule has 1 aromatic heterocycles. The van der Waals surface area contributed by atoms with Crippen molar-refractivity contribution >= 4 is 11.6 Å². The van der Waals surface area contributed by atoms with Crippen LogP contribution >= 0.6 is 0 Å². The van der Waals surface area contributed by atoms with Gasteiger partial charge in [0.1, 0.15) is 18.4 Å². The monoisotopic (exact) mass is 344 g/mol. The van der Waals surface area contributed by atoms with Crippen molar-refractivity contribution in [2.75, 3.05) is 5.32 Å². The van der Waals surface area contributed by atoms with Gasteiger partial charge in [-0.15, -0.1) is 10.2 Å². The van der Waals surface area contributed by atoms with Crippen molar-refractivity contribution in [1.82, 2.24) is 14.8 Å². The van der Waals surface area contributed by atoms with Crippen molar-refractivity contribution in [2.45, 2.75) is 13.0 Å². The first-order valence-corrected chi connectivity index (χ1v) is 7.39. The molecule has 0 unspecified atom stereocenters. The Balaban J connectivity index is 1.70. The van der Waals surface area contributed by atoms with Crippen LogP contribution in [0.2, 0.25) is 0 Å². The summed E-state index contributed by atoms with van der Waals surface area (Å²) in [5.74, 6) is -0.350. The highest BCUT2D eigenvalue weighted by atomic mass is 19.3. The number of benzene rings is 2. The van der Waals surface area contributed by atoms with Gasteiger partial charge in [0.15, 0.2) is 0 Å². The third kappa shape index (κ3) is 4.37. The maximum atomic E-state index is 12.4. The Bertz CT molecular complexity index is 853. The zero-order valence-electron chi connectivity index (χ0n) is 13.0. The van der Waals surface area contributed by atoms with Gasteiger partial charge in [-0.05, 0) is 24.3 Å². The van der Waals surface area contributed by atoms with Crippen molar-refractivity contribution in [2.24, 2.45) is 0 Å². The van der Waals surface area contributed by atoms with Crippen LogP contribution in [0.15, 0.2) is 61.2 Å². The van der Waals surface area contributed by atoms with Gasteiger partial charge >= 0.3 is 6.61 Å². The molecule has 6 nitrogen and oxygen atoms in total. The molecule has 0 saturated carbocycles. The van der Waals surface area contributed by atoms with Crippen LogP contribution in [0.4, 0.5) is 14.5 Å². The van der Waals surface area contributed by atoms with E-state index in [9.17, 15) is 13.6 Å². The van der Waals surface area contributed by atoms with E-state index in [-0.39, 0.29) is 18.1 Å². The van der Waals surface area contributed by atoms with E-state index in [0.29, 0.717) is 11.3 Å². The molecule has 0 aliphatic carbocycles. The van der Waals surface area contributed by atoms with Crippen LogP contribution in [-0.4, -0.2) is 27.3 Å². The second-order valence-electron chi connectivity index (χ2n) is 5.13. The van der Waals surface area contributed by atoms with Crippen molar-refractivity contribution in [1.29, 1.82) is 0 Å². The number of carbonyl (C=O) groups is 1. The lowest BCUT2D eigenvalue weighted by Gasteiger charge is -2.11. The Morgan fingerprint density at radius 3 is 2.64 bits per heavy atom. The molecule has 0 aliphatic heterocycles. The van der Waals surface area contributed by atoms with Gasteiger partial charge in [-0.2, -0.15) is 8.78 Å². The largest absolute Gasteiger partial charge is 0.435 e. The average molecular weight is 344 g/mol. The maximum absolute atomic E-state index is 12.4. The Hall–Kier alpha value is -3.29. The molecule has 1 amide bonds. The molecule has 0 spiro atoms. The summed E-state index contributed by atoms with van der Waals surface area (Å²) < 4.78 is 31.0. The zero-order chi connectivity index (χ0) is 17.6. The summed E-state index contributed by atoms with van der Waals surface area (Å²) in [6, 6.07) is 13.3. The lowest BCUT2D eigenvalue weighted by Crippen LogP contribution is -2.15. The van der Waals surface area contributed by atoms with Crippen LogP contribution in [0.1, 0.15) is 5.56 Å². The minimum atomic E-state index is -2.94. The Labute approximate surface area is 142 Å². The van der Waals surface area contributed by atoms with Gasteiger partial charge in [-0.1, -0.05) is 24.3 Å². The molecular formula is C17H14F2N4O2. The molecule has 25 heavy (non-hydrogen) atoms. The fraction of sp³-hybridized carbons (Fsp3) is 0.118. The third-order valence-electron chi connectivity index (χ3n) is 3.39. The number of nitrogens with one attached hydrogen (secondary N) is 1. The van der Waals surface area contributed by atoms with Crippen LogP contribution in [-0.2, 0) is 11.2 Å². The molecule has 3 rings (SSSR count). The zero-order valence-corrected chi connectivity index (χ0v) is 13.0. The van der Waals surface area contributed by atoms with Crippen molar-refractivity contribution < 1.29 is 18.3 Å². The molecule has 3 aromatic rings. The number of halogens is 2. The van der Waals surface area contributed by atoms with E-state index in [1.54, 1.807) is 53.6 Å². The van der Waals surface area contributed by atoms with E-state index >= 15 is 0 Å². The minimum Gasteiger partial charge on any atom is -0.435 e. The summed E-state index contributed by atoms with van der Waals surface area (Å²) in [5.41, 5.74) is 1.74. The van der Waals surface area contributed by atoms with E-state index in [4.69, 9.17) is 0 Å². The predicted octanol–water partition coefficient (Wildman–Crippen LogP) is 3.05. The first-order chi connectivity index (χ1) is 12.1. The third-order valence-corrected chi connectivity index (χ3v) is 3.39. The molecule has 128 valence electrons. The van der Waals surface area contributed by atoms with E-state index in [2.05, 4.69) is 20.3 Å². The minimum absolute atomic E-state index is 0.00843. The Morgan fingerprint density at radius 1 is 1.12 bits per heavy atom. The quantitative estimate of drug-likeness (QED) is 0.746. The number of para-hydroxylation sites is 1. The molecule has 0 atom stereocenters. The summed E-state index contributed by atoms with van der Waals surface area (Å²) in [4.78, 5) is 12.2. The number of alkyl halides is 2. The molecule has 1 heterocycles. The fourth-order valence-electron chi connectivity index (χ4n) is 2.32. The van der Waals surface area contributed by atoms with Gasteiger partial charge in [-0.25, -0.2) is 0 Å². The maximum Gasteiger partial charge on any atom is 0.387 e. The van der Waals surface area contributed by atoms with Crippen LogP contribution in [0.3, 0.4) is 0 Å². The van der Waals surface area contributed by atoms with Crippen LogP contribution in [0.25, 0.3) is 5.69 Å². The number of anilines is 1. The van der Waals surface area contributed by atoms with Gasteiger partial charge in [0.05, 0.1) is 12.1 Å². The van der Waals surface area contributed by atoms with Gasteiger partial charge in [-0.3, -0.25) is 9.36 Å². The van der Waals surface area contributed by atoms with Gasteiger partial charge in [0.25, 0.3) is 0 Å². The van der Waals surface area contributed by atoms with E-state index in [0.717, 1.165) is 5.69 Å². The van der Waals surface area contributed by atoms with Crippen molar-refractivity contribution in [3.63, 3.8) is 0 Å². The smallest absolute Gasteiger partial charge is 0.387 e. The summed E-state index contributed by atoms with van der Waals surface area (Å²) in [6.07, 6.45) is 3.00. The number of hydrogen-bond donors (Lipinski definition) is 1. The molecule has 0 radical (unpaired) electrons. The first kappa shape index (κ1) is 16.6. The highest BCUT2D eigenvalue weighted by molar-refractivity contribution is 5.92. The number of amides is 1. The highest BCUT2D eigenvalue weighted by Gasteiger charge is 2.12. The number of carbonyl (C=O) groups excluding carboxylic acids is 1. The number of aromatic nitrogens is 3. The van der Waals surface area contributed by atoms with Gasteiger partial charge in [0, 0.05) is 11.3 Å². The van der Waals surface area contributed by atoms with E-state index < -0.39 is 6.61 Å². The topological polar surface area (TPSA) is 69.0 Å². The Morgan fingerprint density at radius 2 is 1.88 bits per heavy atom. The number of nitrogens with zero attached hydrogens (tertiary/aromatic N) is 3. The van der Waals surface area contributed by atoms with Crippen LogP contribution in [0, 0.1) is 0 Å². The first-order valence-electron chi connectivity index (χ1n) is 7.39. The Kier molecular flexibility index (Phi) is 4.98.